The van der Waals surface area contributed by atoms with Crippen molar-refractivity contribution in [1.82, 2.24) is 14.2 Å². The van der Waals surface area contributed by atoms with E-state index in [1.54, 1.807) is 48.5 Å². The number of carbonyl (C=O) groups excluding carboxylic acids is 1. The zero-order valence-electron chi connectivity index (χ0n) is 13.6. The van der Waals surface area contributed by atoms with E-state index in [1.807, 2.05) is 0 Å². The Morgan fingerprint density at radius 1 is 1.12 bits per heavy atom. The van der Waals surface area contributed by atoms with Gasteiger partial charge in [0.15, 0.2) is 0 Å². The summed E-state index contributed by atoms with van der Waals surface area (Å²) in [6.07, 6.45) is 0. The number of aromatic nitrogens is 3. The minimum absolute atomic E-state index is 0.212. The van der Waals surface area contributed by atoms with Crippen LogP contribution in [0, 0.1) is 0 Å². The molecular formula is C18H13ClN4O3. The Bertz CT molecular complexity index is 1300. The molecule has 2 aromatic carbocycles. The molecule has 4 aromatic rings. The van der Waals surface area contributed by atoms with Crippen molar-refractivity contribution in [2.45, 2.75) is 0 Å². The SMILES string of the molecule is Cn1c(=O)n(NC(=O)c2cc3cc(Cl)ccc3[nH]2)c(=O)c2ccccc21. The second-order valence-electron chi connectivity index (χ2n) is 5.85. The Morgan fingerprint density at radius 3 is 2.69 bits per heavy atom. The monoisotopic (exact) mass is 368 g/mol. The molecule has 0 aliphatic carbocycles. The van der Waals surface area contributed by atoms with Crippen LogP contribution in [0.15, 0.2) is 58.1 Å². The van der Waals surface area contributed by atoms with Crippen LogP contribution in [-0.2, 0) is 7.05 Å². The van der Waals surface area contributed by atoms with Crippen molar-refractivity contribution in [3.05, 3.63) is 80.1 Å². The van der Waals surface area contributed by atoms with E-state index < -0.39 is 17.2 Å². The Kier molecular flexibility index (Phi) is 3.66. The largest absolute Gasteiger partial charge is 0.350 e. The number of fused-ring (bicyclic) bond motifs is 2. The van der Waals surface area contributed by atoms with Crippen LogP contribution < -0.4 is 16.7 Å². The standard InChI is InChI=1S/C18H13ClN4O3/c1-22-15-5-3-2-4-12(15)17(25)23(18(22)26)21-16(24)14-9-10-8-11(19)6-7-13(10)20-14/h2-9,20H,1H3,(H,21,24). The van der Waals surface area contributed by atoms with Crippen LogP contribution in [0.1, 0.15) is 10.5 Å². The summed E-state index contributed by atoms with van der Waals surface area (Å²) in [4.78, 5) is 40.5. The lowest BCUT2D eigenvalue weighted by atomic mass is 10.2. The van der Waals surface area contributed by atoms with Crippen molar-refractivity contribution in [1.29, 1.82) is 0 Å². The molecule has 0 fully saturated rings. The number of halogens is 1. The second-order valence-corrected chi connectivity index (χ2v) is 6.29. The Labute approximate surface area is 151 Å². The number of benzene rings is 2. The molecule has 2 N–H and O–H groups in total. The van der Waals surface area contributed by atoms with Gasteiger partial charge in [0.1, 0.15) is 5.69 Å². The Hall–Kier alpha value is -3.32. The predicted octanol–water partition coefficient (Wildman–Crippen LogP) is 2.22. The first kappa shape index (κ1) is 16.2. The summed E-state index contributed by atoms with van der Waals surface area (Å²) < 4.78 is 2.02. The third kappa shape index (κ3) is 2.49. The molecular weight excluding hydrogens is 356 g/mol. The van der Waals surface area contributed by atoms with E-state index in [-0.39, 0.29) is 5.69 Å². The maximum atomic E-state index is 12.6. The molecule has 130 valence electrons. The first-order chi connectivity index (χ1) is 12.5. The number of nitrogens with zero attached hydrogens (tertiary/aromatic N) is 2. The Balaban J connectivity index is 1.80. The number of carbonyl (C=O) groups is 1. The molecule has 4 rings (SSSR count). The lowest BCUT2D eigenvalue weighted by Crippen LogP contribution is -2.46. The van der Waals surface area contributed by atoms with Crippen molar-refractivity contribution >= 4 is 39.3 Å². The second kappa shape index (κ2) is 5.89. The number of amides is 1. The van der Waals surface area contributed by atoms with Crippen LogP contribution in [-0.4, -0.2) is 20.1 Å². The Morgan fingerprint density at radius 2 is 1.88 bits per heavy atom. The fraction of sp³-hybridized carbons (Fsp3) is 0.0556. The van der Waals surface area contributed by atoms with Gasteiger partial charge in [0.2, 0.25) is 0 Å². The number of para-hydroxylation sites is 1. The van der Waals surface area contributed by atoms with Crippen molar-refractivity contribution in [3.8, 4) is 0 Å². The summed E-state index contributed by atoms with van der Waals surface area (Å²) in [5.41, 5.74) is 2.57. The molecule has 0 unspecified atom stereocenters. The van der Waals surface area contributed by atoms with Gasteiger partial charge in [-0.2, -0.15) is 4.68 Å². The van der Waals surface area contributed by atoms with E-state index in [9.17, 15) is 14.4 Å². The quantitative estimate of drug-likeness (QED) is 0.568. The van der Waals surface area contributed by atoms with Gasteiger partial charge in [-0.15, -0.1) is 0 Å². The summed E-state index contributed by atoms with van der Waals surface area (Å²) in [5.74, 6) is -0.605. The lowest BCUT2D eigenvalue weighted by Gasteiger charge is -2.10. The van der Waals surface area contributed by atoms with Gasteiger partial charge in [0.25, 0.3) is 11.5 Å². The van der Waals surface area contributed by atoms with Gasteiger partial charge in [-0.05, 0) is 36.4 Å². The molecule has 0 saturated carbocycles. The molecule has 1 amide bonds. The summed E-state index contributed by atoms with van der Waals surface area (Å²) in [5, 5.41) is 1.63. The molecule has 0 radical (unpaired) electrons. The summed E-state index contributed by atoms with van der Waals surface area (Å²) in [6, 6.07) is 13.5. The maximum absolute atomic E-state index is 12.6. The predicted molar refractivity (Wildman–Crippen MR) is 100 cm³/mol. The van der Waals surface area contributed by atoms with Crippen molar-refractivity contribution < 1.29 is 4.79 Å². The molecule has 0 aliphatic rings. The minimum Gasteiger partial charge on any atom is -0.350 e. The van der Waals surface area contributed by atoms with Gasteiger partial charge < -0.3 is 4.98 Å². The van der Waals surface area contributed by atoms with E-state index >= 15 is 0 Å². The van der Waals surface area contributed by atoms with Crippen LogP contribution in [0.25, 0.3) is 21.8 Å². The smallest absolute Gasteiger partial charge is 0.350 e. The number of nitrogens with one attached hydrogen (secondary N) is 2. The summed E-state index contributed by atoms with van der Waals surface area (Å²) in [7, 11) is 1.54. The highest BCUT2D eigenvalue weighted by atomic mass is 35.5. The van der Waals surface area contributed by atoms with Gasteiger partial charge in [0.05, 0.1) is 10.9 Å². The van der Waals surface area contributed by atoms with Gasteiger partial charge in [-0.25, -0.2) is 4.79 Å². The molecule has 8 heteroatoms. The zero-order valence-corrected chi connectivity index (χ0v) is 14.4. The van der Waals surface area contributed by atoms with Gasteiger partial charge >= 0.3 is 5.69 Å². The summed E-state index contributed by atoms with van der Waals surface area (Å²) in [6.45, 7) is 0. The van der Waals surface area contributed by atoms with Crippen LogP contribution in [0.2, 0.25) is 5.02 Å². The fourth-order valence-electron chi connectivity index (χ4n) is 2.89. The van der Waals surface area contributed by atoms with Gasteiger partial charge in [-0.3, -0.25) is 19.6 Å². The lowest BCUT2D eigenvalue weighted by molar-refractivity contribution is 0.100. The maximum Gasteiger partial charge on any atom is 0.350 e. The van der Waals surface area contributed by atoms with Crippen LogP contribution in [0.3, 0.4) is 0 Å². The first-order valence-corrected chi connectivity index (χ1v) is 8.14. The number of aromatic amines is 1. The van der Waals surface area contributed by atoms with E-state index in [2.05, 4.69) is 10.4 Å². The topological polar surface area (TPSA) is 88.9 Å². The molecule has 0 spiro atoms. The van der Waals surface area contributed by atoms with E-state index in [0.717, 1.165) is 10.9 Å². The number of hydrogen-bond donors (Lipinski definition) is 2. The molecule has 2 aromatic heterocycles. The number of H-pyrrole nitrogens is 1. The molecule has 0 saturated heterocycles. The molecule has 0 aliphatic heterocycles. The number of rotatable bonds is 2. The average Bonchev–Trinajstić information content (AvgIpc) is 3.06. The normalized spacial score (nSPS) is 11.2. The molecule has 0 atom stereocenters. The molecule has 26 heavy (non-hydrogen) atoms. The van der Waals surface area contributed by atoms with Crippen molar-refractivity contribution in [3.63, 3.8) is 0 Å². The molecule has 0 bridgehead atoms. The number of aryl methyl sites for hydroxylation is 1. The molecule has 2 heterocycles. The molecule has 7 nitrogen and oxygen atoms in total. The highest BCUT2D eigenvalue weighted by Gasteiger charge is 2.15. The van der Waals surface area contributed by atoms with Gasteiger partial charge in [0, 0.05) is 23.0 Å². The van der Waals surface area contributed by atoms with E-state index in [0.29, 0.717) is 20.6 Å². The van der Waals surface area contributed by atoms with Crippen molar-refractivity contribution in [2.75, 3.05) is 5.43 Å². The number of hydrogen-bond acceptors (Lipinski definition) is 3. The van der Waals surface area contributed by atoms with Crippen LogP contribution >= 0.6 is 11.6 Å². The van der Waals surface area contributed by atoms with Crippen LogP contribution in [0.5, 0.6) is 0 Å². The average molecular weight is 369 g/mol. The van der Waals surface area contributed by atoms with E-state index in [4.69, 9.17) is 11.6 Å². The minimum atomic E-state index is -0.638. The highest BCUT2D eigenvalue weighted by molar-refractivity contribution is 6.31. The highest BCUT2D eigenvalue weighted by Crippen LogP contribution is 2.20. The van der Waals surface area contributed by atoms with Gasteiger partial charge in [-0.1, -0.05) is 23.7 Å². The first-order valence-electron chi connectivity index (χ1n) is 7.76. The van der Waals surface area contributed by atoms with Crippen LogP contribution in [0.4, 0.5) is 0 Å². The summed E-state index contributed by atoms with van der Waals surface area (Å²) >= 11 is 5.95. The third-order valence-electron chi connectivity index (χ3n) is 4.22. The zero-order chi connectivity index (χ0) is 18.4. The van der Waals surface area contributed by atoms with Crippen molar-refractivity contribution in [2.24, 2.45) is 7.05 Å². The fourth-order valence-corrected chi connectivity index (χ4v) is 3.07. The van der Waals surface area contributed by atoms with E-state index in [1.165, 1.54) is 11.6 Å². The third-order valence-corrected chi connectivity index (χ3v) is 4.45.